The number of aromatic hydroxyl groups is 1. The first-order chi connectivity index (χ1) is 8.66. The fourth-order valence-electron chi connectivity index (χ4n) is 1.97. The second-order valence-electron chi connectivity index (χ2n) is 4.52. The highest BCUT2D eigenvalue weighted by Crippen LogP contribution is 2.24. The Hall–Kier alpha value is -1.81. The highest BCUT2D eigenvalue weighted by Gasteiger charge is 2.09. The molecule has 1 atom stereocenters. The third kappa shape index (κ3) is 3.11. The molecule has 0 aliphatic rings. The van der Waals surface area contributed by atoms with Gasteiger partial charge in [-0.15, -0.1) is 0 Å². The Labute approximate surface area is 107 Å². The SMILES string of the molecule is Cc1ccc(C(C)NCCc2ncc[nH]2)c(O)c1. The number of benzene rings is 1. The van der Waals surface area contributed by atoms with Gasteiger partial charge in [0.25, 0.3) is 0 Å². The molecule has 3 N–H and O–H groups in total. The summed E-state index contributed by atoms with van der Waals surface area (Å²) in [6.07, 6.45) is 4.43. The number of H-pyrrole nitrogens is 1. The number of aromatic amines is 1. The molecule has 1 aromatic heterocycles. The number of aromatic nitrogens is 2. The van der Waals surface area contributed by atoms with Crippen LogP contribution in [0.15, 0.2) is 30.6 Å². The van der Waals surface area contributed by atoms with Crippen LogP contribution in [-0.4, -0.2) is 21.6 Å². The molecule has 0 aliphatic heterocycles. The van der Waals surface area contributed by atoms with E-state index in [9.17, 15) is 5.11 Å². The van der Waals surface area contributed by atoms with E-state index < -0.39 is 0 Å². The first-order valence-corrected chi connectivity index (χ1v) is 6.18. The van der Waals surface area contributed by atoms with Crippen LogP contribution < -0.4 is 5.32 Å². The lowest BCUT2D eigenvalue weighted by molar-refractivity contribution is 0.452. The molecular weight excluding hydrogens is 226 g/mol. The van der Waals surface area contributed by atoms with Gasteiger partial charge < -0.3 is 15.4 Å². The zero-order chi connectivity index (χ0) is 13.0. The van der Waals surface area contributed by atoms with Gasteiger partial charge >= 0.3 is 0 Å². The minimum absolute atomic E-state index is 0.126. The van der Waals surface area contributed by atoms with Crippen LogP contribution in [0.2, 0.25) is 0 Å². The summed E-state index contributed by atoms with van der Waals surface area (Å²) in [4.78, 5) is 7.24. The van der Waals surface area contributed by atoms with Crippen molar-refractivity contribution in [1.82, 2.24) is 15.3 Å². The van der Waals surface area contributed by atoms with Gasteiger partial charge in [-0.1, -0.05) is 12.1 Å². The van der Waals surface area contributed by atoms with Crippen molar-refractivity contribution in [2.45, 2.75) is 26.3 Å². The Kier molecular flexibility index (Phi) is 3.99. The van der Waals surface area contributed by atoms with Crippen LogP contribution >= 0.6 is 0 Å². The number of rotatable bonds is 5. The summed E-state index contributed by atoms with van der Waals surface area (Å²) < 4.78 is 0. The summed E-state index contributed by atoms with van der Waals surface area (Å²) in [6.45, 7) is 4.84. The van der Waals surface area contributed by atoms with Gasteiger partial charge in [-0.25, -0.2) is 4.98 Å². The highest BCUT2D eigenvalue weighted by atomic mass is 16.3. The normalized spacial score (nSPS) is 12.6. The van der Waals surface area contributed by atoms with E-state index in [1.807, 2.05) is 32.2 Å². The average Bonchev–Trinajstić information content (AvgIpc) is 2.81. The Bertz CT molecular complexity index is 494. The molecule has 18 heavy (non-hydrogen) atoms. The number of hydrogen-bond donors (Lipinski definition) is 3. The average molecular weight is 245 g/mol. The van der Waals surface area contributed by atoms with Crippen molar-refractivity contribution >= 4 is 0 Å². The maximum Gasteiger partial charge on any atom is 0.120 e. The maximum atomic E-state index is 9.89. The summed E-state index contributed by atoms with van der Waals surface area (Å²) in [5.41, 5.74) is 2.00. The topological polar surface area (TPSA) is 60.9 Å². The number of aryl methyl sites for hydroxylation is 1. The Morgan fingerprint density at radius 3 is 2.94 bits per heavy atom. The lowest BCUT2D eigenvalue weighted by Gasteiger charge is -2.15. The predicted molar refractivity (Wildman–Crippen MR) is 71.6 cm³/mol. The fraction of sp³-hybridized carbons (Fsp3) is 0.357. The van der Waals surface area contributed by atoms with Crippen LogP contribution in [0.4, 0.5) is 0 Å². The van der Waals surface area contributed by atoms with Crippen LogP contribution in [0.5, 0.6) is 5.75 Å². The van der Waals surface area contributed by atoms with E-state index in [1.165, 1.54) is 0 Å². The zero-order valence-corrected chi connectivity index (χ0v) is 10.8. The van der Waals surface area contributed by atoms with Gasteiger partial charge in [0.2, 0.25) is 0 Å². The molecule has 0 saturated carbocycles. The number of imidazole rings is 1. The van der Waals surface area contributed by atoms with Crippen molar-refractivity contribution < 1.29 is 5.11 Å². The molecule has 2 aromatic rings. The molecule has 0 amide bonds. The quantitative estimate of drug-likeness (QED) is 0.757. The lowest BCUT2D eigenvalue weighted by atomic mass is 10.1. The molecule has 0 fully saturated rings. The fourth-order valence-corrected chi connectivity index (χ4v) is 1.97. The second-order valence-corrected chi connectivity index (χ2v) is 4.52. The molecule has 4 nitrogen and oxygen atoms in total. The van der Waals surface area contributed by atoms with Crippen molar-refractivity contribution in [3.8, 4) is 5.75 Å². The van der Waals surface area contributed by atoms with Gasteiger partial charge in [0.15, 0.2) is 0 Å². The van der Waals surface area contributed by atoms with Crippen molar-refractivity contribution in [2.24, 2.45) is 0 Å². The summed E-state index contributed by atoms with van der Waals surface area (Å²) in [5.74, 6) is 1.33. The molecule has 0 spiro atoms. The first kappa shape index (κ1) is 12.6. The van der Waals surface area contributed by atoms with E-state index >= 15 is 0 Å². The van der Waals surface area contributed by atoms with E-state index in [0.29, 0.717) is 5.75 Å². The van der Waals surface area contributed by atoms with Gasteiger partial charge in [-0.05, 0) is 25.5 Å². The largest absolute Gasteiger partial charge is 0.508 e. The molecular formula is C14H19N3O. The molecule has 4 heteroatoms. The molecule has 0 bridgehead atoms. The lowest BCUT2D eigenvalue weighted by Crippen LogP contribution is -2.21. The van der Waals surface area contributed by atoms with E-state index in [2.05, 4.69) is 15.3 Å². The highest BCUT2D eigenvalue weighted by molar-refractivity contribution is 5.37. The Morgan fingerprint density at radius 2 is 2.28 bits per heavy atom. The van der Waals surface area contributed by atoms with Crippen LogP contribution in [0, 0.1) is 6.92 Å². The van der Waals surface area contributed by atoms with E-state index in [1.54, 1.807) is 12.3 Å². The van der Waals surface area contributed by atoms with Crippen LogP contribution in [0.3, 0.4) is 0 Å². The van der Waals surface area contributed by atoms with Gasteiger partial charge in [-0.2, -0.15) is 0 Å². The van der Waals surface area contributed by atoms with E-state index in [4.69, 9.17) is 0 Å². The number of phenols is 1. The van der Waals surface area contributed by atoms with Gasteiger partial charge in [0.05, 0.1) is 0 Å². The zero-order valence-electron chi connectivity index (χ0n) is 10.8. The molecule has 0 aliphatic carbocycles. The Balaban J connectivity index is 1.89. The van der Waals surface area contributed by atoms with Crippen molar-refractivity contribution in [1.29, 1.82) is 0 Å². The van der Waals surface area contributed by atoms with Crippen LogP contribution in [-0.2, 0) is 6.42 Å². The summed E-state index contributed by atoms with van der Waals surface area (Å²) >= 11 is 0. The smallest absolute Gasteiger partial charge is 0.120 e. The molecule has 0 radical (unpaired) electrons. The minimum atomic E-state index is 0.126. The molecule has 2 rings (SSSR count). The van der Waals surface area contributed by atoms with Gasteiger partial charge in [0, 0.05) is 37.0 Å². The minimum Gasteiger partial charge on any atom is -0.508 e. The van der Waals surface area contributed by atoms with Crippen molar-refractivity contribution in [3.05, 3.63) is 47.5 Å². The number of nitrogens with zero attached hydrogens (tertiary/aromatic N) is 1. The summed E-state index contributed by atoms with van der Waals surface area (Å²) in [6, 6.07) is 5.90. The number of phenolic OH excluding ortho intramolecular Hbond substituents is 1. The maximum absolute atomic E-state index is 9.89. The number of hydrogen-bond acceptors (Lipinski definition) is 3. The van der Waals surface area contributed by atoms with Crippen LogP contribution in [0.25, 0.3) is 0 Å². The summed E-state index contributed by atoms with van der Waals surface area (Å²) in [5, 5.41) is 13.3. The standard InChI is InChI=1S/C14H19N3O/c1-10-3-4-12(13(18)9-10)11(2)15-6-5-14-16-7-8-17-14/h3-4,7-9,11,15,18H,5-6H2,1-2H3,(H,16,17). The Morgan fingerprint density at radius 1 is 1.44 bits per heavy atom. The van der Waals surface area contributed by atoms with Crippen molar-refractivity contribution in [2.75, 3.05) is 6.54 Å². The van der Waals surface area contributed by atoms with E-state index in [-0.39, 0.29) is 6.04 Å². The molecule has 96 valence electrons. The third-order valence-corrected chi connectivity index (χ3v) is 3.02. The third-order valence-electron chi connectivity index (χ3n) is 3.02. The number of nitrogens with one attached hydrogen (secondary N) is 2. The summed E-state index contributed by atoms with van der Waals surface area (Å²) in [7, 11) is 0. The molecule has 1 unspecified atom stereocenters. The monoisotopic (exact) mass is 245 g/mol. The molecule has 1 aromatic carbocycles. The second kappa shape index (κ2) is 5.69. The first-order valence-electron chi connectivity index (χ1n) is 6.18. The van der Waals surface area contributed by atoms with Crippen LogP contribution in [0.1, 0.15) is 29.9 Å². The molecule has 1 heterocycles. The van der Waals surface area contributed by atoms with Crippen molar-refractivity contribution in [3.63, 3.8) is 0 Å². The molecule has 0 saturated heterocycles. The van der Waals surface area contributed by atoms with E-state index in [0.717, 1.165) is 29.9 Å². The van der Waals surface area contributed by atoms with Gasteiger partial charge in [-0.3, -0.25) is 0 Å². The predicted octanol–water partition coefficient (Wildman–Crippen LogP) is 2.32. The van der Waals surface area contributed by atoms with Gasteiger partial charge in [0.1, 0.15) is 11.6 Å².